The van der Waals surface area contributed by atoms with Crippen LogP contribution in [0.25, 0.3) is 11.5 Å². The number of sulfonamides is 2. The molecule has 0 atom stereocenters. The highest BCUT2D eigenvalue weighted by atomic mass is 32.2. The van der Waals surface area contributed by atoms with Gasteiger partial charge < -0.3 is 4.42 Å². The average molecular weight is 410 g/mol. The van der Waals surface area contributed by atoms with Crippen molar-refractivity contribution in [2.24, 2.45) is 0 Å². The van der Waals surface area contributed by atoms with Crippen LogP contribution in [0, 0.1) is 6.92 Å². The van der Waals surface area contributed by atoms with E-state index < -0.39 is 20.0 Å². The van der Waals surface area contributed by atoms with E-state index >= 15 is 0 Å². The topological polar surface area (TPSA) is 125 Å². The zero-order chi connectivity index (χ0) is 19.8. The number of aromatic amines is 1. The fourth-order valence-electron chi connectivity index (χ4n) is 2.29. The molecule has 144 valence electrons. The summed E-state index contributed by atoms with van der Waals surface area (Å²) >= 11 is 0. The number of rotatable bonds is 6. The summed E-state index contributed by atoms with van der Waals surface area (Å²) in [5, 5.41) is 6.60. The Labute approximate surface area is 157 Å². The summed E-state index contributed by atoms with van der Waals surface area (Å²) in [6.07, 6.45) is 0. The minimum absolute atomic E-state index is 0.0555. The number of aryl methyl sites for hydroxylation is 1. The standard InChI is InChI=1S/C16H18N4O5S2/c1-11-7-8-15(25-11)14-10-16(18-17-14)19-26(21,22)12-5-4-6-13(9-12)27(23,24)20(2)3/h4-10H,1-3H3,(H2,17,18,19). The third-order valence-corrected chi connectivity index (χ3v) is 6.88. The third-order valence-electron chi connectivity index (χ3n) is 3.72. The molecular formula is C16H18N4O5S2. The highest BCUT2D eigenvalue weighted by Gasteiger charge is 2.22. The maximum absolute atomic E-state index is 12.6. The molecule has 0 aliphatic rings. The van der Waals surface area contributed by atoms with Gasteiger partial charge in [-0.05, 0) is 37.3 Å². The Morgan fingerprint density at radius 2 is 1.74 bits per heavy atom. The Morgan fingerprint density at radius 3 is 2.37 bits per heavy atom. The lowest BCUT2D eigenvalue weighted by atomic mass is 10.3. The Kier molecular flexibility index (Phi) is 4.84. The maximum Gasteiger partial charge on any atom is 0.263 e. The van der Waals surface area contributed by atoms with Crippen LogP contribution in [-0.4, -0.2) is 45.4 Å². The minimum atomic E-state index is -4.03. The van der Waals surface area contributed by atoms with E-state index in [2.05, 4.69) is 14.9 Å². The van der Waals surface area contributed by atoms with Gasteiger partial charge in [0, 0.05) is 20.2 Å². The van der Waals surface area contributed by atoms with Crippen LogP contribution in [0.15, 0.2) is 56.7 Å². The first-order valence-electron chi connectivity index (χ1n) is 7.77. The molecule has 0 aliphatic carbocycles. The van der Waals surface area contributed by atoms with E-state index in [1.54, 1.807) is 19.1 Å². The van der Waals surface area contributed by atoms with Gasteiger partial charge in [0.15, 0.2) is 11.6 Å². The molecule has 11 heteroatoms. The van der Waals surface area contributed by atoms with Gasteiger partial charge in [0.25, 0.3) is 10.0 Å². The normalized spacial score (nSPS) is 12.4. The van der Waals surface area contributed by atoms with Crippen LogP contribution in [0.5, 0.6) is 0 Å². The molecule has 2 heterocycles. The molecule has 9 nitrogen and oxygen atoms in total. The van der Waals surface area contributed by atoms with Crippen molar-refractivity contribution in [2.75, 3.05) is 18.8 Å². The number of benzene rings is 1. The monoisotopic (exact) mass is 410 g/mol. The molecule has 0 amide bonds. The van der Waals surface area contributed by atoms with Crippen molar-refractivity contribution in [3.63, 3.8) is 0 Å². The van der Waals surface area contributed by atoms with E-state index in [-0.39, 0.29) is 15.6 Å². The van der Waals surface area contributed by atoms with Crippen LogP contribution in [-0.2, 0) is 20.0 Å². The first kappa shape index (κ1) is 19.1. The number of hydrogen-bond donors (Lipinski definition) is 2. The number of hydrogen-bond acceptors (Lipinski definition) is 6. The highest BCUT2D eigenvalue weighted by molar-refractivity contribution is 7.92. The summed E-state index contributed by atoms with van der Waals surface area (Å²) in [5.74, 6) is 1.28. The summed E-state index contributed by atoms with van der Waals surface area (Å²) in [7, 11) is -5.04. The van der Waals surface area contributed by atoms with Crippen LogP contribution < -0.4 is 4.72 Å². The summed E-state index contributed by atoms with van der Waals surface area (Å²) in [4.78, 5) is -0.312. The number of anilines is 1. The Balaban J connectivity index is 1.89. The molecule has 0 fully saturated rings. The van der Waals surface area contributed by atoms with Crippen LogP contribution in [0.2, 0.25) is 0 Å². The number of furan rings is 1. The second-order valence-electron chi connectivity index (χ2n) is 5.94. The van der Waals surface area contributed by atoms with Crippen LogP contribution >= 0.6 is 0 Å². The van der Waals surface area contributed by atoms with E-state index in [0.29, 0.717) is 17.2 Å². The van der Waals surface area contributed by atoms with Crippen molar-refractivity contribution in [1.29, 1.82) is 0 Å². The van der Waals surface area contributed by atoms with Gasteiger partial charge in [-0.15, -0.1) is 0 Å². The summed E-state index contributed by atoms with van der Waals surface area (Å²) < 4.78 is 58.4. The van der Waals surface area contributed by atoms with Gasteiger partial charge in [0.2, 0.25) is 10.0 Å². The molecule has 3 rings (SSSR count). The molecule has 0 unspecified atom stereocenters. The van der Waals surface area contributed by atoms with Gasteiger partial charge in [-0.25, -0.2) is 21.1 Å². The average Bonchev–Trinajstić information content (AvgIpc) is 3.23. The summed E-state index contributed by atoms with van der Waals surface area (Å²) in [5.41, 5.74) is 0.504. The van der Waals surface area contributed by atoms with Crippen LogP contribution in [0.4, 0.5) is 5.82 Å². The highest BCUT2D eigenvalue weighted by Crippen LogP contribution is 2.24. The van der Waals surface area contributed by atoms with Crippen molar-refractivity contribution in [3.8, 4) is 11.5 Å². The Hall–Kier alpha value is -2.63. The quantitative estimate of drug-likeness (QED) is 0.640. The summed E-state index contributed by atoms with van der Waals surface area (Å²) in [6, 6.07) is 10.1. The van der Waals surface area contributed by atoms with E-state index in [1.165, 1.54) is 38.4 Å². The maximum atomic E-state index is 12.6. The van der Waals surface area contributed by atoms with Crippen molar-refractivity contribution in [2.45, 2.75) is 16.7 Å². The molecule has 27 heavy (non-hydrogen) atoms. The molecular weight excluding hydrogens is 392 g/mol. The molecule has 2 aromatic heterocycles. The first-order valence-corrected chi connectivity index (χ1v) is 10.7. The molecule has 3 aromatic rings. The lowest BCUT2D eigenvalue weighted by Crippen LogP contribution is -2.22. The number of H-pyrrole nitrogens is 1. The molecule has 0 aliphatic heterocycles. The zero-order valence-corrected chi connectivity index (χ0v) is 16.4. The van der Waals surface area contributed by atoms with E-state index in [0.717, 1.165) is 10.4 Å². The molecule has 0 bridgehead atoms. The van der Waals surface area contributed by atoms with Gasteiger partial charge >= 0.3 is 0 Å². The van der Waals surface area contributed by atoms with Crippen LogP contribution in [0.3, 0.4) is 0 Å². The van der Waals surface area contributed by atoms with Crippen molar-refractivity contribution in [1.82, 2.24) is 14.5 Å². The van der Waals surface area contributed by atoms with Gasteiger partial charge in [-0.3, -0.25) is 9.82 Å². The molecule has 1 aromatic carbocycles. The van der Waals surface area contributed by atoms with Crippen LogP contribution in [0.1, 0.15) is 5.76 Å². The van der Waals surface area contributed by atoms with Crippen molar-refractivity contribution < 1.29 is 21.3 Å². The van der Waals surface area contributed by atoms with E-state index in [1.807, 2.05) is 0 Å². The first-order chi connectivity index (χ1) is 12.6. The van der Waals surface area contributed by atoms with Gasteiger partial charge in [-0.1, -0.05) is 6.07 Å². The van der Waals surface area contributed by atoms with Crippen molar-refractivity contribution >= 4 is 25.9 Å². The largest absolute Gasteiger partial charge is 0.460 e. The van der Waals surface area contributed by atoms with Crippen molar-refractivity contribution in [3.05, 3.63) is 48.2 Å². The predicted molar refractivity (Wildman–Crippen MR) is 99.2 cm³/mol. The van der Waals surface area contributed by atoms with Gasteiger partial charge in [0.1, 0.15) is 11.5 Å². The Morgan fingerprint density at radius 1 is 1.04 bits per heavy atom. The summed E-state index contributed by atoms with van der Waals surface area (Å²) in [6.45, 7) is 1.79. The zero-order valence-electron chi connectivity index (χ0n) is 14.8. The molecule has 0 spiro atoms. The smallest absolute Gasteiger partial charge is 0.263 e. The van der Waals surface area contributed by atoms with E-state index in [4.69, 9.17) is 4.42 Å². The fourth-order valence-corrected chi connectivity index (χ4v) is 4.35. The lowest BCUT2D eigenvalue weighted by Gasteiger charge is -2.12. The predicted octanol–water partition coefficient (Wildman–Crippen LogP) is 2.03. The SMILES string of the molecule is Cc1ccc(-c2cc(NS(=O)(=O)c3cccc(S(=O)(=O)N(C)C)c3)n[nH]2)o1. The van der Waals surface area contributed by atoms with Gasteiger partial charge in [0.05, 0.1) is 9.79 Å². The molecule has 2 N–H and O–H groups in total. The number of aromatic nitrogens is 2. The lowest BCUT2D eigenvalue weighted by molar-refractivity contribution is 0.520. The molecule has 0 saturated heterocycles. The number of nitrogens with one attached hydrogen (secondary N) is 2. The second-order valence-corrected chi connectivity index (χ2v) is 9.78. The molecule has 0 saturated carbocycles. The second kappa shape index (κ2) is 6.83. The number of nitrogens with zero attached hydrogens (tertiary/aromatic N) is 2. The fraction of sp³-hybridized carbons (Fsp3) is 0.188. The Bertz CT molecular complexity index is 1180. The minimum Gasteiger partial charge on any atom is -0.460 e. The van der Waals surface area contributed by atoms with E-state index in [9.17, 15) is 16.8 Å². The van der Waals surface area contributed by atoms with Gasteiger partial charge in [-0.2, -0.15) is 5.10 Å². The molecule has 0 radical (unpaired) electrons. The third kappa shape index (κ3) is 3.89.